The van der Waals surface area contributed by atoms with Gasteiger partial charge in [0.2, 0.25) is 0 Å². The Balaban J connectivity index is 1.30. The standard InChI is InChI=1S/C28H33ClFN5O3/c1-27(2,37)8-7-20-12-23(35(4)33-20)28(38)13-17-9-16(10-18(17)14-28)24-25(34(3)15-31-24)26(36)32-19-5-6-22(30)21(29)11-19/h5-8,11-12,15-18,37-38H,9-10,13-14H2,1-4H3,(H,32,36)/b8-7+. The Hall–Kier alpha value is -3.01. The van der Waals surface area contributed by atoms with Crippen molar-refractivity contribution in [3.05, 3.63) is 70.3 Å². The van der Waals surface area contributed by atoms with Gasteiger partial charge in [0.15, 0.2) is 0 Å². The van der Waals surface area contributed by atoms with Crippen molar-refractivity contribution in [3.63, 3.8) is 0 Å². The highest BCUT2D eigenvalue weighted by atomic mass is 35.5. The molecule has 10 heteroatoms. The van der Waals surface area contributed by atoms with Gasteiger partial charge in [0.25, 0.3) is 5.91 Å². The highest BCUT2D eigenvalue weighted by Crippen LogP contribution is 2.56. The number of aromatic nitrogens is 4. The van der Waals surface area contributed by atoms with Crippen LogP contribution in [0.4, 0.5) is 10.1 Å². The van der Waals surface area contributed by atoms with Crippen LogP contribution in [-0.4, -0.2) is 41.1 Å². The fraction of sp³-hybridized carbons (Fsp3) is 0.464. The molecule has 2 saturated carbocycles. The van der Waals surface area contributed by atoms with E-state index in [9.17, 15) is 19.4 Å². The lowest BCUT2D eigenvalue weighted by molar-refractivity contribution is 0.0263. The molecule has 1 amide bonds. The van der Waals surface area contributed by atoms with Crippen molar-refractivity contribution in [2.75, 3.05) is 5.32 Å². The molecule has 2 aliphatic carbocycles. The molecular formula is C28H33ClFN5O3. The fourth-order valence-electron chi connectivity index (χ4n) is 6.18. The van der Waals surface area contributed by atoms with Crippen LogP contribution >= 0.6 is 11.6 Å². The number of hydrogen-bond acceptors (Lipinski definition) is 5. The number of imidazole rings is 1. The number of carbonyl (C=O) groups is 1. The molecule has 0 aliphatic heterocycles. The first kappa shape index (κ1) is 26.6. The maximum absolute atomic E-state index is 13.5. The van der Waals surface area contributed by atoms with Gasteiger partial charge in [0.1, 0.15) is 17.1 Å². The van der Waals surface area contributed by atoms with Crippen LogP contribution in [0.5, 0.6) is 0 Å². The Morgan fingerprint density at radius 3 is 2.55 bits per heavy atom. The minimum absolute atomic E-state index is 0.0575. The quantitative estimate of drug-likeness (QED) is 0.417. The number of aliphatic hydroxyl groups is 2. The lowest BCUT2D eigenvalue weighted by Crippen LogP contribution is -2.26. The van der Waals surface area contributed by atoms with E-state index in [2.05, 4.69) is 15.4 Å². The summed E-state index contributed by atoms with van der Waals surface area (Å²) in [6.07, 6.45) is 7.99. The first-order valence-electron chi connectivity index (χ1n) is 12.8. The van der Waals surface area contributed by atoms with Crippen LogP contribution in [0.1, 0.15) is 73.0 Å². The van der Waals surface area contributed by atoms with E-state index in [0.29, 0.717) is 41.8 Å². The number of carbonyl (C=O) groups excluding carboxylic acids is 1. The molecule has 38 heavy (non-hydrogen) atoms. The smallest absolute Gasteiger partial charge is 0.274 e. The van der Waals surface area contributed by atoms with Crippen molar-refractivity contribution in [1.29, 1.82) is 0 Å². The minimum atomic E-state index is -0.977. The summed E-state index contributed by atoms with van der Waals surface area (Å²) in [5, 5.41) is 28.9. The summed E-state index contributed by atoms with van der Waals surface area (Å²) in [6, 6.07) is 5.97. The maximum Gasteiger partial charge on any atom is 0.274 e. The number of benzene rings is 1. The van der Waals surface area contributed by atoms with Crippen molar-refractivity contribution in [1.82, 2.24) is 19.3 Å². The van der Waals surface area contributed by atoms with Crippen LogP contribution in [0.3, 0.4) is 0 Å². The average Bonchev–Trinajstić information content (AvgIpc) is 3.56. The molecular weight excluding hydrogens is 509 g/mol. The number of anilines is 1. The van der Waals surface area contributed by atoms with Gasteiger partial charge in [-0.3, -0.25) is 9.48 Å². The van der Waals surface area contributed by atoms with Crippen molar-refractivity contribution in [2.45, 2.75) is 56.7 Å². The van der Waals surface area contributed by atoms with Gasteiger partial charge in [-0.1, -0.05) is 17.7 Å². The first-order chi connectivity index (χ1) is 17.8. The number of fused-ring (bicyclic) bond motifs is 1. The third-order valence-electron chi connectivity index (χ3n) is 7.82. The van der Waals surface area contributed by atoms with Gasteiger partial charge in [-0.25, -0.2) is 9.37 Å². The zero-order valence-corrected chi connectivity index (χ0v) is 22.7. The molecule has 202 valence electrons. The van der Waals surface area contributed by atoms with Gasteiger partial charge in [0.05, 0.1) is 34.0 Å². The predicted molar refractivity (Wildman–Crippen MR) is 143 cm³/mol. The zero-order chi connectivity index (χ0) is 27.4. The van der Waals surface area contributed by atoms with E-state index in [1.807, 2.05) is 13.1 Å². The molecule has 2 fully saturated rings. The normalized spacial score (nSPS) is 25.3. The Bertz CT molecular complexity index is 1390. The molecule has 3 N–H and O–H groups in total. The molecule has 2 unspecified atom stereocenters. The minimum Gasteiger partial charge on any atom is -0.386 e. The summed E-state index contributed by atoms with van der Waals surface area (Å²) in [7, 11) is 3.61. The van der Waals surface area contributed by atoms with Gasteiger partial charge in [-0.05, 0) is 81.7 Å². The number of hydrogen-bond donors (Lipinski definition) is 3. The third kappa shape index (κ3) is 5.15. The van der Waals surface area contributed by atoms with Crippen LogP contribution < -0.4 is 5.32 Å². The summed E-state index contributed by atoms with van der Waals surface area (Å²) < 4.78 is 17.0. The molecule has 2 aromatic heterocycles. The molecule has 5 rings (SSSR count). The molecule has 1 aromatic carbocycles. The van der Waals surface area contributed by atoms with Gasteiger partial charge < -0.3 is 20.1 Å². The Morgan fingerprint density at radius 1 is 1.24 bits per heavy atom. The van der Waals surface area contributed by atoms with Gasteiger partial charge in [-0.15, -0.1) is 0 Å². The van der Waals surface area contributed by atoms with E-state index in [4.69, 9.17) is 11.6 Å². The molecule has 0 spiro atoms. The molecule has 3 aromatic rings. The van der Waals surface area contributed by atoms with Gasteiger partial charge in [-0.2, -0.15) is 5.10 Å². The molecule has 0 radical (unpaired) electrons. The molecule has 2 atom stereocenters. The number of nitrogens with zero attached hydrogens (tertiary/aromatic N) is 4. The van der Waals surface area contributed by atoms with Crippen molar-refractivity contribution >= 4 is 29.3 Å². The monoisotopic (exact) mass is 541 g/mol. The molecule has 2 aliphatic rings. The van der Waals surface area contributed by atoms with Crippen molar-refractivity contribution in [3.8, 4) is 0 Å². The molecule has 2 heterocycles. The van der Waals surface area contributed by atoms with Crippen LogP contribution in [0.15, 0.2) is 36.7 Å². The largest absolute Gasteiger partial charge is 0.386 e. The zero-order valence-electron chi connectivity index (χ0n) is 21.9. The fourth-order valence-corrected chi connectivity index (χ4v) is 6.36. The summed E-state index contributed by atoms with van der Waals surface area (Å²) in [4.78, 5) is 17.8. The number of halogens is 2. The predicted octanol–water partition coefficient (Wildman–Crippen LogP) is 4.77. The van der Waals surface area contributed by atoms with E-state index >= 15 is 0 Å². The highest BCUT2D eigenvalue weighted by Gasteiger charge is 2.51. The summed E-state index contributed by atoms with van der Waals surface area (Å²) in [5.41, 5.74) is 1.18. The van der Waals surface area contributed by atoms with Crippen LogP contribution in [0, 0.1) is 17.7 Å². The van der Waals surface area contributed by atoms with Crippen LogP contribution in [0.25, 0.3) is 6.08 Å². The van der Waals surface area contributed by atoms with E-state index in [1.54, 1.807) is 48.6 Å². The van der Waals surface area contributed by atoms with E-state index < -0.39 is 17.0 Å². The highest BCUT2D eigenvalue weighted by molar-refractivity contribution is 6.31. The molecule has 0 bridgehead atoms. The Labute approximate surface area is 226 Å². The Kier molecular flexibility index (Phi) is 6.74. The number of nitrogens with one attached hydrogen (secondary N) is 1. The second-order valence-electron chi connectivity index (χ2n) is 11.4. The summed E-state index contributed by atoms with van der Waals surface area (Å²) in [5.74, 6) is -0.174. The van der Waals surface area contributed by atoms with E-state index in [0.717, 1.165) is 24.2 Å². The molecule has 0 saturated heterocycles. The van der Waals surface area contributed by atoms with Crippen LogP contribution in [-0.2, 0) is 19.7 Å². The summed E-state index contributed by atoms with van der Waals surface area (Å²) >= 11 is 5.87. The van der Waals surface area contributed by atoms with Crippen LogP contribution in [0.2, 0.25) is 5.02 Å². The number of aryl methyl sites for hydroxylation is 2. The lowest BCUT2D eigenvalue weighted by atomic mass is 9.90. The third-order valence-corrected chi connectivity index (χ3v) is 8.11. The van der Waals surface area contributed by atoms with Crippen molar-refractivity contribution in [2.24, 2.45) is 25.9 Å². The molecule has 8 nitrogen and oxygen atoms in total. The van der Waals surface area contributed by atoms with Crippen molar-refractivity contribution < 1.29 is 19.4 Å². The topological polar surface area (TPSA) is 105 Å². The van der Waals surface area contributed by atoms with E-state index in [1.165, 1.54) is 18.2 Å². The maximum atomic E-state index is 13.5. The summed E-state index contributed by atoms with van der Waals surface area (Å²) in [6.45, 7) is 3.40. The second-order valence-corrected chi connectivity index (χ2v) is 11.8. The Morgan fingerprint density at radius 2 is 1.92 bits per heavy atom. The van der Waals surface area contributed by atoms with Gasteiger partial charge in [0, 0.05) is 25.7 Å². The number of rotatable bonds is 6. The second kappa shape index (κ2) is 9.63. The average molecular weight is 542 g/mol. The SMILES string of the molecule is Cn1cnc(C2CC3CC(O)(c4cc(/C=C/C(C)(C)O)nn4C)CC3C2)c1C(=O)Nc1ccc(F)c(Cl)c1. The van der Waals surface area contributed by atoms with Gasteiger partial charge >= 0.3 is 0 Å². The first-order valence-corrected chi connectivity index (χ1v) is 13.2. The lowest BCUT2D eigenvalue weighted by Gasteiger charge is -2.25. The number of amides is 1. The van der Waals surface area contributed by atoms with E-state index in [-0.39, 0.29) is 16.8 Å².